The SMILES string of the molecule is C[C@@H](CC(=O)O)Nc1cc(-n2ccnc2)c2ccc(Cl)c(Cl)c2n1. The first kappa shape index (κ1) is 16.5. The lowest BCUT2D eigenvalue weighted by Crippen LogP contribution is -2.20. The molecular weight excluding hydrogens is 351 g/mol. The highest BCUT2D eigenvalue weighted by atomic mass is 35.5. The average molecular weight is 365 g/mol. The molecule has 2 aromatic heterocycles. The molecule has 0 spiro atoms. The third-order valence-electron chi connectivity index (χ3n) is 3.51. The summed E-state index contributed by atoms with van der Waals surface area (Å²) >= 11 is 12.4. The summed E-state index contributed by atoms with van der Waals surface area (Å²) < 4.78 is 1.83. The normalized spacial score (nSPS) is 12.3. The van der Waals surface area contributed by atoms with Crippen LogP contribution in [0, 0.1) is 0 Å². The number of pyridine rings is 1. The number of carbonyl (C=O) groups is 1. The summed E-state index contributed by atoms with van der Waals surface area (Å²) in [7, 11) is 0. The Hall–Kier alpha value is -2.31. The van der Waals surface area contributed by atoms with Gasteiger partial charge in [0.2, 0.25) is 0 Å². The Kier molecular flexibility index (Phi) is 4.59. The molecule has 8 heteroatoms. The largest absolute Gasteiger partial charge is 0.481 e. The van der Waals surface area contributed by atoms with Gasteiger partial charge in [-0.15, -0.1) is 0 Å². The standard InChI is InChI=1S/C16H14Cl2N4O2/c1-9(6-14(23)24)20-13-7-12(22-5-4-19-8-22)10-2-3-11(17)15(18)16(10)21-13/h2-5,7-9H,6H2,1H3,(H,20,21)(H,23,24)/t9-/m0/s1. The minimum atomic E-state index is -0.883. The van der Waals surface area contributed by atoms with E-state index in [2.05, 4.69) is 15.3 Å². The van der Waals surface area contributed by atoms with Gasteiger partial charge in [-0.2, -0.15) is 0 Å². The number of hydrogen-bond donors (Lipinski definition) is 2. The monoisotopic (exact) mass is 364 g/mol. The van der Waals surface area contributed by atoms with E-state index in [4.69, 9.17) is 28.3 Å². The second kappa shape index (κ2) is 6.67. The number of halogens is 2. The number of carboxylic acids is 1. The van der Waals surface area contributed by atoms with Crippen molar-refractivity contribution in [2.45, 2.75) is 19.4 Å². The molecule has 0 aliphatic heterocycles. The van der Waals surface area contributed by atoms with Gasteiger partial charge in [0.25, 0.3) is 0 Å². The minimum Gasteiger partial charge on any atom is -0.481 e. The number of imidazole rings is 1. The van der Waals surface area contributed by atoms with Crippen molar-refractivity contribution < 1.29 is 9.90 Å². The van der Waals surface area contributed by atoms with Crippen molar-refractivity contribution in [1.29, 1.82) is 0 Å². The summed E-state index contributed by atoms with van der Waals surface area (Å²) in [5.41, 5.74) is 1.36. The summed E-state index contributed by atoms with van der Waals surface area (Å²) in [6.45, 7) is 1.77. The molecular formula is C16H14Cl2N4O2. The number of nitrogens with zero attached hydrogens (tertiary/aromatic N) is 3. The number of hydrogen-bond acceptors (Lipinski definition) is 4. The maximum atomic E-state index is 10.9. The van der Waals surface area contributed by atoms with E-state index >= 15 is 0 Å². The maximum absolute atomic E-state index is 10.9. The number of benzene rings is 1. The maximum Gasteiger partial charge on any atom is 0.305 e. The number of fused-ring (bicyclic) bond motifs is 1. The molecule has 1 atom stereocenters. The lowest BCUT2D eigenvalue weighted by molar-refractivity contribution is -0.137. The Morgan fingerprint density at radius 1 is 1.42 bits per heavy atom. The summed E-state index contributed by atoms with van der Waals surface area (Å²) in [4.78, 5) is 19.4. The number of nitrogens with one attached hydrogen (secondary N) is 1. The van der Waals surface area contributed by atoms with Gasteiger partial charge >= 0.3 is 5.97 Å². The van der Waals surface area contributed by atoms with Crippen molar-refractivity contribution in [1.82, 2.24) is 14.5 Å². The van der Waals surface area contributed by atoms with Crippen molar-refractivity contribution >= 4 is 45.9 Å². The van der Waals surface area contributed by atoms with Gasteiger partial charge in [0.05, 0.1) is 34.0 Å². The van der Waals surface area contributed by atoms with E-state index in [9.17, 15) is 4.79 Å². The zero-order valence-corrected chi connectivity index (χ0v) is 14.2. The smallest absolute Gasteiger partial charge is 0.305 e. The van der Waals surface area contributed by atoms with E-state index in [1.165, 1.54) is 0 Å². The quantitative estimate of drug-likeness (QED) is 0.714. The average Bonchev–Trinajstić information content (AvgIpc) is 3.04. The lowest BCUT2D eigenvalue weighted by atomic mass is 10.1. The van der Waals surface area contributed by atoms with Crippen LogP contribution in [0.1, 0.15) is 13.3 Å². The van der Waals surface area contributed by atoms with Gasteiger partial charge in [0.1, 0.15) is 5.82 Å². The molecule has 24 heavy (non-hydrogen) atoms. The van der Waals surface area contributed by atoms with Crippen molar-refractivity contribution in [3.05, 3.63) is 47.0 Å². The molecule has 0 unspecified atom stereocenters. The number of rotatable bonds is 5. The van der Waals surface area contributed by atoms with Crippen LogP contribution in [0.5, 0.6) is 0 Å². The summed E-state index contributed by atoms with van der Waals surface area (Å²) in [6, 6.07) is 5.10. The van der Waals surface area contributed by atoms with Crippen LogP contribution in [0.4, 0.5) is 5.82 Å². The van der Waals surface area contributed by atoms with E-state index in [-0.39, 0.29) is 12.5 Å². The van der Waals surface area contributed by atoms with Crippen molar-refractivity contribution in [2.75, 3.05) is 5.32 Å². The Morgan fingerprint density at radius 3 is 2.88 bits per heavy atom. The molecule has 3 aromatic rings. The second-order valence-electron chi connectivity index (χ2n) is 5.40. The molecule has 0 saturated heterocycles. The second-order valence-corrected chi connectivity index (χ2v) is 6.18. The van der Waals surface area contributed by atoms with Crippen LogP contribution in [0.15, 0.2) is 36.9 Å². The van der Waals surface area contributed by atoms with E-state index in [0.29, 0.717) is 21.4 Å². The molecule has 1 aromatic carbocycles. The summed E-state index contributed by atoms with van der Waals surface area (Å²) in [5.74, 6) is -0.365. The summed E-state index contributed by atoms with van der Waals surface area (Å²) in [5, 5.41) is 13.6. The lowest BCUT2D eigenvalue weighted by Gasteiger charge is -2.16. The van der Waals surface area contributed by atoms with Crippen LogP contribution in [-0.4, -0.2) is 31.7 Å². The third-order valence-corrected chi connectivity index (χ3v) is 4.30. The zero-order valence-electron chi connectivity index (χ0n) is 12.7. The predicted octanol–water partition coefficient (Wildman–Crippen LogP) is 4.00. The molecule has 0 fully saturated rings. The zero-order chi connectivity index (χ0) is 17.3. The molecule has 0 aliphatic rings. The van der Waals surface area contributed by atoms with Gasteiger partial charge in [-0.25, -0.2) is 9.97 Å². The Labute approximate surface area is 148 Å². The Morgan fingerprint density at radius 2 is 2.21 bits per heavy atom. The number of anilines is 1. The minimum absolute atomic E-state index is 0.0244. The fourth-order valence-electron chi connectivity index (χ4n) is 2.47. The fraction of sp³-hybridized carbons (Fsp3) is 0.188. The molecule has 2 heterocycles. The van der Waals surface area contributed by atoms with Crippen LogP contribution in [0.25, 0.3) is 16.6 Å². The number of aliphatic carboxylic acids is 1. The topological polar surface area (TPSA) is 80.0 Å². The summed E-state index contributed by atoms with van der Waals surface area (Å²) in [6.07, 6.45) is 5.12. The van der Waals surface area contributed by atoms with Gasteiger partial charge in [-0.05, 0) is 19.1 Å². The molecule has 3 rings (SSSR count). The first-order valence-corrected chi connectivity index (χ1v) is 7.96. The van der Waals surface area contributed by atoms with E-state index in [1.54, 1.807) is 25.5 Å². The van der Waals surface area contributed by atoms with Crippen molar-refractivity contribution in [3.8, 4) is 5.69 Å². The van der Waals surface area contributed by atoms with Crippen LogP contribution >= 0.6 is 23.2 Å². The van der Waals surface area contributed by atoms with Crippen LogP contribution < -0.4 is 5.32 Å². The van der Waals surface area contributed by atoms with Gasteiger partial charge in [0, 0.05) is 29.9 Å². The highest BCUT2D eigenvalue weighted by Gasteiger charge is 2.14. The molecule has 2 N–H and O–H groups in total. The predicted molar refractivity (Wildman–Crippen MR) is 94.2 cm³/mol. The van der Waals surface area contributed by atoms with E-state index in [1.807, 2.05) is 22.9 Å². The molecule has 0 radical (unpaired) electrons. The number of carboxylic acid groups (broad SMARTS) is 1. The van der Waals surface area contributed by atoms with Crippen molar-refractivity contribution in [3.63, 3.8) is 0 Å². The molecule has 124 valence electrons. The Bertz CT molecular complexity index is 897. The highest BCUT2D eigenvalue weighted by Crippen LogP contribution is 2.34. The van der Waals surface area contributed by atoms with Crippen LogP contribution in [0.2, 0.25) is 10.0 Å². The highest BCUT2D eigenvalue weighted by molar-refractivity contribution is 6.45. The number of aromatic nitrogens is 3. The molecule has 6 nitrogen and oxygen atoms in total. The van der Waals surface area contributed by atoms with E-state index in [0.717, 1.165) is 11.1 Å². The van der Waals surface area contributed by atoms with Crippen LogP contribution in [-0.2, 0) is 4.79 Å². The first-order valence-electron chi connectivity index (χ1n) is 7.21. The van der Waals surface area contributed by atoms with Gasteiger partial charge in [-0.3, -0.25) is 4.79 Å². The first-order chi connectivity index (χ1) is 11.5. The van der Waals surface area contributed by atoms with Gasteiger partial charge in [-0.1, -0.05) is 23.2 Å². The van der Waals surface area contributed by atoms with Crippen molar-refractivity contribution in [2.24, 2.45) is 0 Å². The molecule has 0 aliphatic carbocycles. The van der Waals surface area contributed by atoms with E-state index < -0.39 is 5.97 Å². The van der Waals surface area contributed by atoms with Gasteiger partial charge < -0.3 is 15.0 Å². The molecule has 0 bridgehead atoms. The Balaban J connectivity index is 2.14. The molecule has 0 amide bonds. The van der Waals surface area contributed by atoms with Gasteiger partial charge in [0.15, 0.2) is 0 Å². The van der Waals surface area contributed by atoms with Crippen LogP contribution in [0.3, 0.4) is 0 Å². The fourth-order valence-corrected chi connectivity index (χ4v) is 2.83. The molecule has 0 saturated carbocycles. The third kappa shape index (κ3) is 3.29.